The van der Waals surface area contributed by atoms with Crippen molar-refractivity contribution in [1.82, 2.24) is 0 Å². The molecule has 0 spiro atoms. The normalized spacial score (nSPS) is 11.9. The number of hydrogen-bond donors (Lipinski definition) is 1. The van der Waals surface area contributed by atoms with Gasteiger partial charge in [0.1, 0.15) is 0 Å². The second kappa shape index (κ2) is 5.57. The van der Waals surface area contributed by atoms with Gasteiger partial charge in [0, 0.05) is 10.5 Å². The summed E-state index contributed by atoms with van der Waals surface area (Å²) in [7, 11) is 0. The quantitative estimate of drug-likeness (QED) is 0.858. The van der Waals surface area contributed by atoms with Crippen molar-refractivity contribution in [2.75, 3.05) is 0 Å². The Morgan fingerprint density at radius 3 is 2.50 bits per heavy atom. The second-order valence-electron chi connectivity index (χ2n) is 2.77. The molecule has 3 heteroatoms. The molecule has 0 saturated carbocycles. The molecule has 1 atom stereocenters. The fourth-order valence-electron chi connectivity index (χ4n) is 1.01. The van der Waals surface area contributed by atoms with Crippen molar-refractivity contribution in [3.8, 4) is 0 Å². The van der Waals surface area contributed by atoms with Gasteiger partial charge < -0.3 is 5.73 Å². The van der Waals surface area contributed by atoms with Crippen LogP contribution >= 0.6 is 28.3 Å². The summed E-state index contributed by atoms with van der Waals surface area (Å²) in [5.74, 6) is 0. The molecule has 2 N–H and O–H groups in total. The fourth-order valence-corrected chi connectivity index (χ4v) is 1.46. The van der Waals surface area contributed by atoms with E-state index in [1.54, 1.807) is 0 Å². The summed E-state index contributed by atoms with van der Waals surface area (Å²) in [5.41, 5.74) is 6.95. The first-order chi connectivity index (χ1) is 5.20. The van der Waals surface area contributed by atoms with Gasteiger partial charge in [-0.25, -0.2) is 0 Å². The first-order valence-electron chi connectivity index (χ1n) is 3.69. The van der Waals surface area contributed by atoms with Crippen molar-refractivity contribution in [3.63, 3.8) is 0 Å². The number of hydrogen-bond acceptors (Lipinski definition) is 1. The van der Waals surface area contributed by atoms with Gasteiger partial charge in [-0.1, -0.05) is 34.1 Å². The zero-order valence-electron chi connectivity index (χ0n) is 6.96. The first kappa shape index (κ1) is 11.9. The Hall–Kier alpha value is -0.0500. The minimum atomic E-state index is 0. The van der Waals surface area contributed by atoms with Crippen LogP contribution in [-0.2, 0) is 6.42 Å². The van der Waals surface area contributed by atoms with Gasteiger partial charge in [-0.05, 0) is 25.0 Å². The third-order valence-electron chi connectivity index (χ3n) is 1.50. The highest BCUT2D eigenvalue weighted by Crippen LogP contribution is 2.16. The van der Waals surface area contributed by atoms with Crippen LogP contribution in [0.15, 0.2) is 28.7 Å². The maximum atomic E-state index is 5.67. The Morgan fingerprint density at radius 1 is 1.42 bits per heavy atom. The van der Waals surface area contributed by atoms with E-state index >= 15 is 0 Å². The Morgan fingerprint density at radius 2 is 2.00 bits per heavy atom. The summed E-state index contributed by atoms with van der Waals surface area (Å²) in [4.78, 5) is 0. The van der Waals surface area contributed by atoms with Gasteiger partial charge in [0.15, 0.2) is 0 Å². The predicted molar refractivity (Wildman–Crippen MR) is 58.7 cm³/mol. The fraction of sp³-hybridized carbons (Fsp3) is 0.333. The van der Waals surface area contributed by atoms with Gasteiger partial charge in [0.2, 0.25) is 0 Å². The molecule has 0 aliphatic heterocycles. The zero-order chi connectivity index (χ0) is 8.27. The average molecular weight is 251 g/mol. The number of rotatable bonds is 2. The van der Waals surface area contributed by atoms with E-state index < -0.39 is 0 Å². The van der Waals surface area contributed by atoms with Crippen LogP contribution in [0.3, 0.4) is 0 Å². The Balaban J connectivity index is 0.00000121. The lowest BCUT2D eigenvalue weighted by Crippen LogP contribution is -2.17. The van der Waals surface area contributed by atoms with E-state index in [9.17, 15) is 0 Å². The maximum Gasteiger partial charge on any atom is 0.0207 e. The predicted octanol–water partition coefficient (Wildman–Crippen LogP) is 2.76. The van der Waals surface area contributed by atoms with E-state index in [-0.39, 0.29) is 18.4 Å². The summed E-state index contributed by atoms with van der Waals surface area (Å²) in [5, 5.41) is 0. The van der Waals surface area contributed by atoms with E-state index in [1.807, 2.05) is 25.1 Å². The van der Waals surface area contributed by atoms with E-state index in [1.165, 1.54) is 5.56 Å². The number of benzene rings is 1. The van der Waals surface area contributed by atoms with Crippen LogP contribution in [0.1, 0.15) is 12.5 Å². The summed E-state index contributed by atoms with van der Waals surface area (Å²) < 4.78 is 1.15. The van der Waals surface area contributed by atoms with Gasteiger partial charge in [-0.2, -0.15) is 0 Å². The van der Waals surface area contributed by atoms with Gasteiger partial charge >= 0.3 is 0 Å². The molecule has 12 heavy (non-hydrogen) atoms. The lowest BCUT2D eigenvalue weighted by molar-refractivity contribution is 0.736. The Bertz CT molecular complexity index is 238. The molecule has 1 aromatic carbocycles. The van der Waals surface area contributed by atoms with E-state index in [4.69, 9.17) is 5.73 Å². The van der Waals surface area contributed by atoms with Gasteiger partial charge in [-0.15, -0.1) is 12.4 Å². The molecule has 68 valence electrons. The Kier molecular flexibility index (Phi) is 5.55. The lowest BCUT2D eigenvalue weighted by Gasteiger charge is -2.06. The molecule has 0 heterocycles. The van der Waals surface area contributed by atoms with E-state index in [2.05, 4.69) is 22.0 Å². The van der Waals surface area contributed by atoms with Crippen molar-refractivity contribution in [2.24, 2.45) is 5.73 Å². The van der Waals surface area contributed by atoms with Crippen LogP contribution in [0, 0.1) is 0 Å². The van der Waals surface area contributed by atoms with Crippen molar-refractivity contribution in [3.05, 3.63) is 34.3 Å². The van der Waals surface area contributed by atoms with E-state index in [0.717, 1.165) is 10.9 Å². The molecular weight excluding hydrogens is 237 g/mol. The molecule has 1 aromatic rings. The minimum absolute atomic E-state index is 0. The molecule has 0 aliphatic rings. The summed E-state index contributed by atoms with van der Waals surface area (Å²) in [6, 6.07) is 8.40. The SMILES string of the molecule is CC(N)Cc1ccccc1Br.Cl. The summed E-state index contributed by atoms with van der Waals surface area (Å²) in [6.07, 6.45) is 0.932. The maximum absolute atomic E-state index is 5.67. The van der Waals surface area contributed by atoms with Crippen molar-refractivity contribution in [2.45, 2.75) is 19.4 Å². The molecule has 0 radical (unpaired) electrons. The van der Waals surface area contributed by atoms with Gasteiger partial charge in [0.05, 0.1) is 0 Å². The van der Waals surface area contributed by atoms with Crippen molar-refractivity contribution < 1.29 is 0 Å². The molecule has 0 saturated heterocycles. The first-order valence-corrected chi connectivity index (χ1v) is 4.48. The van der Waals surface area contributed by atoms with Crippen LogP contribution in [-0.4, -0.2) is 6.04 Å². The van der Waals surface area contributed by atoms with Crippen LogP contribution < -0.4 is 5.73 Å². The molecule has 1 rings (SSSR count). The highest BCUT2D eigenvalue weighted by atomic mass is 79.9. The van der Waals surface area contributed by atoms with Crippen molar-refractivity contribution in [1.29, 1.82) is 0 Å². The standard InChI is InChI=1S/C9H12BrN.ClH/c1-7(11)6-8-4-2-3-5-9(8)10;/h2-5,7H,6,11H2,1H3;1H. The lowest BCUT2D eigenvalue weighted by atomic mass is 10.1. The molecule has 1 nitrogen and oxygen atoms in total. The van der Waals surface area contributed by atoms with Crippen LogP contribution in [0.25, 0.3) is 0 Å². The van der Waals surface area contributed by atoms with Gasteiger partial charge in [-0.3, -0.25) is 0 Å². The van der Waals surface area contributed by atoms with Crippen LogP contribution in [0.2, 0.25) is 0 Å². The van der Waals surface area contributed by atoms with Crippen LogP contribution in [0.4, 0.5) is 0 Å². The number of nitrogens with two attached hydrogens (primary N) is 1. The molecule has 0 fully saturated rings. The highest BCUT2D eigenvalue weighted by molar-refractivity contribution is 9.10. The topological polar surface area (TPSA) is 26.0 Å². The third-order valence-corrected chi connectivity index (χ3v) is 2.27. The average Bonchev–Trinajstić information content (AvgIpc) is 1.93. The summed E-state index contributed by atoms with van der Waals surface area (Å²) in [6.45, 7) is 2.01. The van der Waals surface area contributed by atoms with Crippen LogP contribution in [0.5, 0.6) is 0 Å². The Labute approximate surface area is 87.9 Å². The highest BCUT2D eigenvalue weighted by Gasteiger charge is 2.00. The molecule has 0 aromatic heterocycles. The molecular formula is C9H13BrClN. The molecule has 1 unspecified atom stereocenters. The third kappa shape index (κ3) is 3.57. The summed E-state index contributed by atoms with van der Waals surface area (Å²) >= 11 is 3.47. The van der Waals surface area contributed by atoms with Gasteiger partial charge in [0.25, 0.3) is 0 Å². The smallest absolute Gasteiger partial charge is 0.0207 e. The van der Waals surface area contributed by atoms with E-state index in [0.29, 0.717) is 0 Å². The molecule has 0 aliphatic carbocycles. The number of halogens is 2. The largest absolute Gasteiger partial charge is 0.328 e. The molecule has 0 amide bonds. The monoisotopic (exact) mass is 249 g/mol. The molecule has 0 bridgehead atoms. The van der Waals surface area contributed by atoms with Crippen molar-refractivity contribution >= 4 is 28.3 Å². The second-order valence-corrected chi connectivity index (χ2v) is 3.63. The minimum Gasteiger partial charge on any atom is -0.328 e. The zero-order valence-corrected chi connectivity index (χ0v) is 9.36.